The standard InChI is InChI=1S/C23H24N2O5/c26-21-12-20-23(25(21)18(14-30-23)16-6-2-1-3-7-16)10-11-24(20)13-17-8-4-5-9-19(17)29-15-22(27)28/h1-9,18,20H,10-15H2,(H,27,28)/t18-,20+,23-/m0/s1. The Morgan fingerprint density at radius 3 is 2.73 bits per heavy atom. The molecular formula is C23H24N2O5. The Morgan fingerprint density at radius 2 is 1.93 bits per heavy atom. The largest absolute Gasteiger partial charge is 0.482 e. The number of para-hydroxylation sites is 1. The van der Waals surface area contributed by atoms with E-state index < -0.39 is 11.7 Å². The maximum atomic E-state index is 13.0. The molecule has 156 valence electrons. The zero-order valence-corrected chi connectivity index (χ0v) is 16.6. The highest BCUT2D eigenvalue weighted by Crippen LogP contribution is 2.51. The lowest BCUT2D eigenvalue weighted by molar-refractivity contribution is -0.139. The average molecular weight is 408 g/mol. The molecule has 0 radical (unpaired) electrons. The number of carbonyl (C=O) groups is 2. The molecule has 0 bridgehead atoms. The molecule has 3 aliphatic heterocycles. The molecule has 7 heteroatoms. The fourth-order valence-electron chi connectivity index (χ4n) is 5.17. The lowest BCUT2D eigenvalue weighted by Gasteiger charge is -2.33. The van der Waals surface area contributed by atoms with Crippen molar-refractivity contribution in [1.82, 2.24) is 9.80 Å². The summed E-state index contributed by atoms with van der Waals surface area (Å²) in [5, 5.41) is 8.93. The number of carboxylic acids is 1. The summed E-state index contributed by atoms with van der Waals surface area (Å²) < 4.78 is 11.8. The lowest BCUT2D eigenvalue weighted by Crippen LogP contribution is -2.48. The average Bonchev–Trinajstić information content (AvgIpc) is 3.38. The first kappa shape index (κ1) is 19.1. The molecule has 0 aromatic heterocycles. The molecule has 3 saturated heterocycles. The van der Waals surface area contributed by atoms with Crippen molar-refractivity contribution in [3.63, 3.8) is 0 Å². The Labute approximate surface area is 174 Å². The summed E-state index contributed by atoms with van der Waals surface area (Å²) in [5.41, 5.74) is 1.45. The van der Waals surface area contributed by atoms with Crippen LogP contribution < -0.4 is 4.74 Å². The zero-order valence-electron chi connectivity index (χ0n) is 16.6. The smallest absolute Gasteiger partial charge is 0.341 e. The summed E-state index contributed by atoms with van der Waals surface area (Å²) >= 11 is 0. The molecule has 1 N–H and O–H groups in total. The van der Waals surface area contributed by atoms with E-state index in [0.29, 0.717) is 25.3 Å². The highest BCUT2D eigenvalue weighted by atomic mass is 16.5. The molecule has 2 aromatic carbocycles. The second kappa shape index (κ2) is 7.41. The van der Waals surface area contributed by atoms with Crippen molar-refractivity contribution in [3.8, 4) is 5.75 Å². The second-order valence-electron chi connectivity index (χ2n) is 8.08. The van der Waals surface area contributed by atoms with Crippen LogP contribution in [0.3, 0.4) is 0 Å². The summed E-state index contributed by atoms with van der Waals surface area (Å²) in [6.45, 7) is 1.53. The zero-order chi connectivity index (χ0) is 20.7. The van der Waals surface area contributed by atoms with Crippen molar-refractivity contribution in [2.24, 2.45) is 0 Å². The number of hydrogen-bond acceptors (Lipinski definition) is 5. The minimum atomic E-state index is -1.01. The van der Waals surface area contributed by atoms with Crippen LogP contribution in [-0.2, 0) is 20.9 Å². The van der Waals surface area contributed by atoms with Crippen molar-refractivity contribution >= 4 is 11.9 Å². The lowest BCUT2D eigenvalue weighted by atomic mass is 10.0. The number of hydrogen-bond donors (Lipinski definition) is 1. The first-order valence-corrected chi connectivity index (χ1v) is 10.3. The van der Waals surface area contributed by atoms with Crippen LogP contribution in [0.15, 0.2) is 54.6 Å². The van der Waals surface area contributed by atoms with E-state index >= 15 is 0 Å². The molecule has 0 unspecified atom stereocenters. The number of rotatable bonds is 6. The molecule has 2 aromatic rings. The van der Waals surface area contributed by atoms with Gasteiger partial charge in [-0.25, -0.2) is 4.79 Å². The normalized spacial score (nSPS) is 27.9. The van der Waals surface area contributed by atoms with E-state index in [1.165, 1.54) is 0 Å². The van der Waals surface area contributed by atoms with Crippen LogP contribution in [0.4, 0.5) is 0 Å². The molecule has 3 fully saturated rings. The number of amides is 1. The number of nitrogens with zero attached hydrogens (tertiary/aromatic N) is 2. The van der Waals surface area contributed by atoms with E-state index in [1.807, 2.05) is 41.3 Å². The van der Waals surface area contributed by atoms with Gasteiger partial charge in [-0.3, -0.25) is 9.69 Å². The van der Waals surface area contributed by atoms with E-state index in [9.17, 15) is 9.59 Å². The number of ether oxygens (including phenoxy) is 2. The third-order valence-corrected chi connectivity index (χ3v) is 6.45. The van der Waals surface area contributed by atoms with E-state index in [0.717, 1.165) is 24.1 Å². The van der Waals surface area contributed by atoms with E-state index in [4.69, 9.17) is 14.6 Å². The maximum absolute atomic E-state index is 13.0. The molecule has 30 heavy (non-hydrogen) atoms. The molecule has 5 rings (SSSR count). The highest BCUT2D eigenvalue weighted by Gasteiger charge is 2.64. The second-order valence-corrected chi connectivity index (χ2v) is 8.08. The molecule has 1 amide bonds. The summed E-state index contributed by atoms with van der Waals surface area (Å²) in [4.78, 5) is 28.2. The topological polar surface area (TPSA) is 79.3 Å². The SMILES string of the molecule is O=C(O)COc1ccccc1CN1CC[C@@]23OC[C@@H](c4ccccc4)N2C(=O)C[C@@H]13. The van der Waals surface area contributed by atoms with Gasteiger partial charge >= 0.3 is 5.97 Å². The van der Waals surface area contributed by atoms with Crippen LogP contribution in [0.1, 0.15) is 30.0 Å². The number of benzene rings is 2. The first-order valence-electron chi connectivity index (χ1n) is 10.3. The van der Waals surface area contributed by atoms with Gasteiger partial charge in [0.2, 0.25) is 5.91 Å². The monoisotopic (exact) mass is 408 g/mol. The summed E-state index contributed by atoms with van der Waals surface area (Å²) in [6, 6.07) is 17.5. The minimum Gasteiger partial charge on any atom is -0.482 e. The van der Waals surface area contributed by atoms with Crippen LogP contribution in [0, 0.1) is 0 Å². The molecule has 7 nitrogen and oxygen atoms in total. The van der Waals surface area contributed by atoms with Gasteiger partial charge in [0.1, 0.15) is 5.75 Å². The van der Waals surface area contributed by atoms with Gasteiger partial charge in [-0.2, -0.15) is 0 Å². The molecule has 3 aliphatic rings. The number of carboxylic acid groups (broad SMARTS) is 1. The number of carbonyl (C=O) groups excluding carboxylic acids is 1. The van der Waals surface area contributed by atoms with Crippen molar-refractivity contribution in [1.29, 1.82) is 0 Å². The minimum absolute atomic E-state index is 0.0220. The quantitative estimate of drug-likeness (QED) is 0.791. The van der Waals surface area contributed by atoms with Crippen LogP contribution in [-0.4, -0.2) is 58.3 Å². The Hall–Kier alpha value is -2.90. The Balaban J connectivity index is 1.37. The van der Waals surface area contributed by atoms with Crippen LogP contribution >= 0.6 is 0 Å². The summed E-state index contributed by atoms with van der Waals surface area (Å²) in [7, 11) is 0. The van der Waals surface area contributed by atoms with Gasteiger partial charge in [-0.05, 0) is 11.6 Å². The summed E-state index contributed by atoms with van der Waals surface area (Å²) in [5.74, 6) is -0.309. The molecule has 3 atom stereocenters. The maximum Gasteiger partial charge on any atom is 0.341 e. The van der Waals surface area contributed by atoms with Crippen LogP contribution in [0.25, 0.3) is 0 Å². The Kier molecular flexibility index (Phi) is 4.72. The third kappa shape index (κ3) is 3.05. The van der Waals surface area contributed by atoms with Crippen molar-refractivity contribution in [2.45, 2.75) is 37.2 Å². The predicted octanol–water partition coefficient (Wildman–Crippen LogP) is 2.42. The van der Waals surface area contributed by atoms with Gasteiger partial charge in [0.05, 0.1) is 18.7 Å². The molecular weight excluding hydrogens is 384 g/mol. The Bertz CT molecular complexity index is 965. The van der Waals surface area contributed by atoms with E-state index in [2.05, 4.69) is 17.0 Å². The highest BCUT2D eigenvalue weighted by molar-refractivity contribution is 5.82. The molecule has 3 heterocycles. The van der Waals surface area contributed by atoms with E-state index in [-0.39, 0.29) is 24.6 Å². The summed E-state index contributed by atoms with van der Waals surface area (Å²) in [6.07, 6.45) is 1.20. The van der Waals surface area contributed by atoms with Gasteiger partial charge in [0.15, 0.2) is 12.3 Å². The van der Waals surface area contributed by atoms with Gasteiger partial charge in [0.25, 0.3) is 0 Å². The number of likely N-dealkylation sites (tertiary alicyclic amines) is 1. The fraction of sp³-hybridized carbons (Fsp3) is 0.391. The van der Waals surface area contributed by atoms with Crippen molar-refractivity contribution < 1.29 is 24.2 Å². The van der Waals surface area contributed by atoms with Crippen molar-refractivity contribution in [2.75, 3.05) is 19.8 Å². The van der Waals surface area contributed by atoms with Gasteiger partial charge < -0.3 is 19.5 Å². The molecule has 0 aliphatic carbocycles. The predicted molar refractivity (Wildman–Crippen MR) is 108 cm³/mol. The van der Waals surface area contributed by atoms with Gasteiger partial charge in [-0.15, -0.1) is 0 Å². The first-order chi connectivity index (χ1) is 14.6. The fourth-order valence-corrected chi connectivity index (χ4v) is 5.17. The van der Waals surface area contributed by atoms with Gasteiger partial charge in [0, 0.05) is 31.5 Å². The van der Waals surface area contributed by atoms with Crippen LogP contribution in [0.2, 0.25) is 0 Å². The molecule has 0 saturated carbocycles. The van der Waals surface area contributed by atoms with Crippen molar-refractivity contribution in [3.05, 3.63) is 65.7 Å². The third-order valence-electron chi connectivity index (χ3n) is 6.45. The number of aliphatic carboxylic acids is 1. The van der Waals surface area contributed by atoms with Gasteiger partial charge in [-0.1, -0.05) is 48.5 Å². The van der Waals surface area contributed by atoms with Crippen LogP contribution in [0.5, 0.6) is 5.75 Å². The molecule has 1 spiro atoms. The van der Waals surface area contributed by atoms with E-state index in [1.54, 1.807) is 6.07 Å². The Morgan fingerprint density at radius 1 is 1.17 bits per heavy atom.